The van der Waals surface area contributed by atoms with Crippen molar-refractivity contribution in [2.24, 2.45) is 0 Å². The molecule has 2 aromatic heterocycles. The van der Waals surface area contributed by atoms with Crippen LogP contribution in [0.3, 0.4) is 0 Å². The third-order valence-corrected chi connectivity index (χ3v) is 1.37. The molecule has 0 saturated carbocycles. The van der Waals surface area contributed by atoms with Crippen LogP contribution in [0.25, 0.3) is 0 Å². The van der Waals surface area contributed by atoms with Crippen molar-refractivity contribution in [3.63, 3.8) is 0 Å². The van der Waals surface area contributed by atoms with Crippen molar-refractivity contribution in [3.8, 4) is 0 Å². The van der Waals surface area contributed by atoms with Crippen molar-refractivity contribution < 1.29 is 20.7 Å². The Morgan fingerprint density at radius 3 is 1.89 bits per heavy atom. The number of aromatic nitrogens is 4. The van der Waals surface area contributed by atoms with E-state index in [4.69, 9.17) is 43.9 Å². The van der Waals surface area contributed by atoms with Gasteiger partial charge in [-0.1, -0.05) is 0 Å². The molecule has 6 nitrogen and oxygen atoms in total. The van der Waals surface area contributed by atoms with E-state index in [0.717, 1.165) is 5.69 Å². The van der Waals surface area contributed by atoms with Gasteiger partial charge in [0, 0.05) is 0 Å². The molecule has 0 atom stereocenters. The molecule has 0 spiro atoms. The minimum absolute atomic E-state index is 0.0417. The Labute approximate surface area is 128 Å². The van der Waals surface area contributed by atoms with Crippen molar-refractivity contribution in [2.75, 3.05) is 0 Å². The molecular formula is C8H10Cl4N4O2Ru. The zero-order chi connectivity index (χ0) is 14.7. The number of halogens is 4. The van der Waals surface area contributed by atoms with Crippen LogP contribution in [0.5, 0.6) is 0 Å². The van der Waals surface area contributed by atoms with Gasteiger partial charge in [0.2, 0.25) is 0 Å². The van der Waals surface area contributed by atoms with Gasteiger partial charge >= 0.3 is 49.6 Å². The fourth-order valence-electron chi connectivity index (χ4n) is 0.702. The molecule has 3 N–H and O–H groups in total. The summed E-state index contributed by atoms with van der Waals surface area (Å²) in [4.78, 5) is 22.4. The van der Waals surface area contributed by atoms with Gasteiger partial charge in [-0.2, -0.15) is 0 Å². The zero-order valence-corrected chi connectivity index (χ0v) is 14.0. The van der Waals surface area contributed by atoms with Gasteiger partial charge in [-0.05, 0) is 0 Å². The quantitative estimate of drug-likeness (QED) is 0.498. The normalized spacial score (nSPS) is 10.6. The predicted octanol–water partition coefficient (Wildman–Crippen LogP) is 2.88. The number of rotatable bonds is 2. The summed E-state index contributed by atoms with van der Waals surface area (Å²) in [5.74, 6) is 0. The molecule has 11 heteroatoms. The number of H-pyrrole nitrogens is 2. The maximum atomic E-state index is 9.80. The SMILES string of the molecule is O=Cc1cnc[nH]1.OCc1cnc[nH]1.[Cl][Ru]([Cl])([Cl])[Cl]. The van der Waals surface area contributed by atoms with Gasteiger partial charge in [-0.3, -0.25) is 4.79 Å². The van der Waals surface area contributed by atoms with Crippen molar-refractivity contribution in [1.82, 2.24) is 19.9 Å². The van der Waals surface area contributed by atoms with E-state index in [0.29, 0.717) is 12.0 Å². The number of hydrogen-bond acceptors (Lipinski definition) is 4. The average molecular weight is 437 g/mol. The van der Waals surface area contributed by atoms with Crippen LogP contribution < -0.4 is 0 Å². The number of imidazole rings is 2. The summed E-state index contributed by atoms with van der Waals surface area (Å²) in [6, 6.07) is 0. The van der Waals surface area contributed by atoms with Gasteiger partial charge in [-0.15, -0.1) is 0 Å². The Kier molecular flexibility index (Phi) is 10.5. The first-order valence-electron chi connectivity index (χ1n) is 4.42. The molecule has 0 fully saturated rings. The number of aromatic amines is 2. The van der Waals surface area contributed by atoms with Crippen LogP contribution in [0.1, 0.15) is 16.2 Å². The molecule has 19 heavy (non-hydrogen) atoms. The van der Waals surface area contributed by atoms with Crippen LogP contribution in [0.4, 0.5) is 0 Å². The molecule has 0 radical (unpaired) electrons. The van der Waals surface area contributed by atoms with Crippen LogP contribution in [0.15, 0.2) is 25.0 Å². The maximum absolute atomic E-state index is 9.80. The average Bonchev–Trinajstić information content (AvgIpc) is 3.01. The summed E-state index contributed by atoms with van der Waals surface area (Å²) < 4.78 is 0. The molecule has 110 valence electrons. The minimum atomic E-state index is -2.97. The Bertz CT molecular complexity index is 426. The van der Waals surface area contributed by atoms with Gasteiger partial charge in [-0.25, -0.2) is 9.97 Å². The Morgan fingerprint density at radius 1 is 1.16 bits per heavy atom. The van der Waals surface area contributed by atoms with Gasteiger partial charge in [0.05, 0.1) is 43.0 Å². The number of aliphatic hydroxyl groups is 1. The second-order valence-corrected chi connectivity index (χ2v) is 18.5. The summed E-state index contributed by atoms with van der Waals surface area (Å²) in [6.45, 7) is 0.0417. The Balaban J connectivity index is 0.000000261. The van der Waals surface area contributed by atoms with Crippen LogP contribution in [-0.2, 0) is 17.4 Å². The van der Waals surface area contributed by atoms with E-state index in [-0.39, 0.29) is 6.61 Å². The van der Waals surface area contributed by atoms with Crippen molar-refractivity contribution in [2.45, 2.75) is 6.61 Å². The van der Waals surface area contributed by atoms with E-state index in [9.17, 15) is 4.79 Å². The fraction of sp³-hybridized carbons (Fsp3) is 0.125. The van der Waals surface area contributed by atoms with Gasteiger partial charge < -0.3 is 15.1 Å². The van der Waals surface area contributed by atoms with Gasteiger partial charge in [0.15, 0.2) is 6.29 Å². The number of nitrogens with zero attached hydrogens (tertiary/aromatic N) is 2. The first-order valence-corrected chi connectivity index (χ1v) is 13.4. The first-order chi connectivity index (χ1) is 8.86. The van der Waals surface area contributed by atoms with E-state index >= 15 is 0 Å². The number of hydrogen-bond donors (Lipinski definition) is 3. The van der Waals surface area contributed by atoms with Gasteiger partial charge in [0.1, 0.15) is 0 Å². The second-order valence-electron chi connectivity index (χ2n) is 2.66. The number of carbonyl (C=O) groups excluding carboxylic acids is 1. The zero-order valence-electron chi connectivity index (χ0n) is 9.21. The van der Waals surface area contributed by atoms with Crippen LogP contribution >= 0.6 is 38.8 Å². The fourth-order valence-corrected chi connectivity index (χ4v) is 0.702. The van der Waals surface area contributed by atoms with Crippen LogP contribution in [0, 0.1) is 0 Å². The molecule has 2 heterocycles. The molecule has 0 bridgehead atoms. The predicted molar refractivity (Wildman–Crippen MR) is 71.9 cm³/mol. The van der Waals surface area contributed by atoms with E-state index in [1.807, 2.05) is 0 Å². The van der Waals surface area contributed by atoms with E-state index in [1.165, 1.54) is 18.9 Å². The van der Waals surface area contributed by atoms with E-state index < -0.39 is 10.8 Å². The molecule has 0 aliphatic carbocycles. The Hall–Kier alpha value is -0.167. The summed E-state index contributed by atoms with van der Waals surface area (Å²) in [5.41, 5.74) is 1.26. The van der Waals surface area contributed by atoms with Crippen LogP contribution in [0.2, 0.25) is 0 Å². The van der Waals surface area contributed by atoms with Crippen LogP contribution in [-0.4, -0.2) is 31.3 Å². The van der Waals surface area contributed by atoms with Crippen molar-refractivity contribution in [1.29, 1.82) is 0 Å². The number of aldehydes is 1. The number of aliphatic hydroxyl groups excluding tert-OH is 1. The monoisotopic (exact) mass is 436 g/mol. The molecule has 0 aliphatic rings. The molecule has 0 aliphatic heterocycles. The molecule has 0 unspecified atom stereocenters. The Morgan fingerprint density at radius 2 is 1.68 bits per heavy atom. The van der Waals surface area contributed by atoms with Crippen molar-refractivity contribution in [3.05, 3.63) is 36.4 Å². The van der Waals surface area contributed by atoms with Gasteiger partial charge in [0.25, 0.3) is 0 Å². The topological polar surface area (TPSA) is 94.7 Å². The second kappa shape index (κ2) is 10.6. The number of nitrogens with one attached hydrogen (secondary N) is 2. The first kappa shape index (κ1) is 18.8. The summed E-state index contributed by atoms with van der Waals surface area (Å²) in [5, 5.41) is 8.36. The van der Waals surface area contributed by atoms with E-state index in [2.05, 4.69) is 19.9 Å². The summed E-state index contributed by atoms with van der Waals surface area (Å²) in [7, 11) is 17.0. The molecule has 0 amide bonds. The third-order valence-electron chi connectivity index (χ3n) is 1.37. The van der Waals surface area contributed by atoms with E-state index in [1.54, 1.807) is 6.20 Å². The summed E-state index contributed by atoms with van der Waals surface area (Å²) in [6.07, 6.45) is 6.76. The molecule has 0 saturated heterocycles. The molecule has 2 rings (SSSR count). The molecule has 2 aromatic rings. The molecule has 0 aromatic carbocycles. The summed E-state index contributed by atoms with van der Waals surface area (Å²) >= 11 is 0. The molecular weight excluding hydrogens is 427 g/mol. The van der Waals surface area contributed by atoms with Crippen molar-refractivity contribution >= 4 is 45.1 Å². The third kappa shape index (κ3) is 14.1. The number of carbonyl (C=O) groups is 1. The standard InChI is InChI=1S/C4H6N2O.C4H4N2O.4ClH.Ru/c2*7-2-4-1-5-3-6-4;;;;;/h1,3,7H,2H2,(H,5,6);1-3H,(H,5,6);4*1H;/q;;;;;;+4/p-4.